The van der Waals surface area contributed by atoms with E-state index in [1.165, 1.54) is 7.11 Å². The van der Waals surface area contributed by atoms with Crippen molar-refractivity contribution < 1.29 is 14.4 Å². The molecule has 1 heterocycles. The van der Waals surface area contributed by atoms with Gasteiger partial charge in [-0.15, -0.1) is 0 Å². The van der Waals surface area contributed by atoms with Gasteiger partial charge in [-0.1, -0.05) is 18.5 Å². The molecule has 1 aliphatic rings. The largest absolute Gasteiger partial charge is 0.466 e. The molecule has 1 aliphatic heterocycles. The van der Waals surface area contributed by atoms with Gasteiger partial charge in [0.15, 0.2) is 0 Å². The molecule has 4 nitrogen and oxygen atoms in total. The van der Waals surface area contributed by atoms with E-state index in [-0.39, 0.29) is 5.97 Å². The van der Waals surface area contributed by atoms with Crippen molar-refractivity contribution in [2.24, 2.45) is 5.16 Å². The summed E-state index contributed by atoms with van der Waals surface area (Å²) in [5.41, 5.74) is 0.952. The second-order valence-corrected chi connectivity index (χ2v) is 2.73. The first kappa shape index (κ1) is 9.03. The van der Waals surface area contributed by atoms with Crippen LogP contribution in [-0.4, -0.2) is 24.9 Å². The summed E-state index contributed by atoms with van der Waals surface area (Å²) in [5.74, 6) is -0.343. The van der Waals surface area contributed by atoms with Crippen molar-refractivity contribution in [2.45, 2.75) is 32.3 Å². The number of ether oxygens (including phenoxy) is 1. The Balaban J connectivity index is 2.36. The fourth-order valence-corrected chi connectivity index (χ4v) is 1.12. The van der Waals surface area contributed by atoms with Gasteiger partial charge in [-0.25, -0.2) is 4.79 Å². The third-order valence-corrected chi connectivity index (χ3v) is 1.73. The highest BCUT2D eigenvalue weighted by atomic mass is 16.7. The fourth-order valence-electron chi connectivity index (χ4n) is 1.12. The zero-order chi connectivity index (χ0) is 8.97. The van der Waals surface area contributed by atoms with Crippen LogP contribution in [0, 0.1) is 0 Å². The molecule has 0 aromatic carbocycles. The van der Waals surface area contributed by atoms with Crippen molar-refractivity contribution in [3.63, 3.8) is 0 Å². The molecule has 0 N–H and O–H groups in total. The van der Waals surface area contributed by atoms with E-state index in [1.54, 1.807) is 0 Å². The van der Waals surface area contributed by atoms with Crippen molar-refractivity contribution in [2.75, 3.05) is 7.11 Å². The van der Waals surface area contributed by atoms with Crippen LogP contribution in [0.15, 0.2) is 5.16 Å². The summed E-state index contributed by atoms with van der Waals surface area (Å²) in [4.78, 5) is 15.8. The monoisotopic (exact) mass is 171 g/mol. The number of oxime groups is 1. The zero-order valence-electron chi connectivity index (χ0n) is 7.37. The number of hydrogen-bond donors (Lipinski definition) is 0. The van der Waals surface area contributed by atoms with Crippen LogP contribution in [0.2, 0.25) is 0 Å². The Bertz CT molecular complexity index is 200. The molecule has 12 heavy (non-hydrogen) atoms. The summed E-state index contributed by atoms with van der Waals surface area (Å²) >= 11 is 0. The van der Waals surface area contributed by atoms with Crippen LogP contribution in [0.1, 0.15) is 26.2 Å². The molecule has 0 aliphatic carbocycles. The third kappa shape index (κ3) is 1.96. The predicted octanol–water partition coefficient (Wildman–Crippen LogP) is 1.10. The summed E-state index contributed by atoms with van der Waals surface area (Å²) < 4.78 is 4.52. The molecular formula is C8H13NO3. The van der Waals surface area contributed by atoms with Gasteiger partial charge in [0.1, 0.15) is 0 Å². The van der Waals surface area contributed by atoms with Gasteiger partial charge in [-0.2, -0.15) is 0 Å². The van der Waals surface area contributed by atoms with E-state index >= 15 is 0 Å². The third-order valence-electron chi connectivity index (χ3n) is 1.73. The van der Waals surface area contributed by atoms with Crippen LogP contribution in [-0.2, 0) is 14.4 Å². The highest BCUT2D eigenvalue weighted by Crippen LogP contribution is 2.14. The van der Waals surface area contributed by atoms with Crippen LogP contribution in [0.4, 0.5) is 0 Å². The molecule has 0 saturated carbocycles. The maximum absolute atomic E-state index is 10.9. The van der Waals surface area contributed by atoms with E-state index in [0.717, 1.165) is 18.6 Å². The van der Waals surface area contributed by atoms with E-state index in [0.29, 0.717) is 6.42 Å². The molecule has 1 atom stereocenters. The number of hydrogen-bond acceptors (Lipinski definition) is 4. The van der Waals surface area contributed by atoms with Crippen molar-refractivity contribution in [1.29, 1.82) is 0 Å². The van der Waals surface area contributed by atoms with Gasteiger partial charge < -0.3 is 9.57 Å². The van der Waals surface area contributed by atoms with Gasteiger partial charge >= 0.3 is 5.97 Å². The molecule has 68 valence electrons. The average Bonchev–Trinajstić information content (AvgIpc) is 2.52. The molecule has 0 amide bonds. The van der Waals surface area contributed by atoms with Crippen LogP contribution in [0.3, 0.4) is 0 Å². The summed E-state index contributed by atoms with van der Waals surface area (Å²) in [5, 5.41) is 3.79. The highest BCUT2D eigenvalue weighted by Gasteiger charge is 2.27. The maximum Gasteiger partial charge on any atom is 0.350 e. The van der Waals surface area contributed by atoms with Crippen LogP contribution >= 0.6 is 0 Å². The van der Waals surface area contributed by atoms with E-state index < -0.39 is 6.10 Å². The summed E-state index contributed by atoms with van der Waals surface area (Å²) in [6, 6.07) is 0. The van der Waals surface area contributed by atoms with Crippen molar-refractivity contribution in [1.82, 2.24) is 0 Å². The quantitative estimate of drug-likeness (QED) is 0.597. The maximum atomic E-state index is 10.9. The fraction of sp³-hybridized carbons (Fsp3) is 0.750. The number of nitrogens with zero attached hydrogens (tertiary/aromatic N) is 1. The Kier molecular flexibility index (Phi) is 3.08. The molecule has 0 radical (unpaired) electrons. The molecule has 4 heteroatoms. The minimum atomic E-state index is -0.503. The zero-order valence-corrected chi connectivity index (χ0v) is 7.37. The molecule has 0 spiro atoms. The van der Waals surface area contributed by atoms with Gasteiger partial charge in [0.2, 0.25) is 6.10 Å². The molecule has 1 rings (SSSR count). The summed E-state index contributed by atoms with van der Waals surface area (Å²) in [6.07, 6.45) is 2.00. The number of carbonyl (C=O) groups is 1. The van der Waals surface area contributed by atoms with E-state index in [1.807, 2.05) is 0 Å². The van der Waals surface area contributed by atoms with Gasteiger partial charge in [-0.05, 0) is 6.42 Å². The Hall–Kier alpha value is -1.06. The normalized spacial score (nSPS) is 21.5. The summed E-state index contributed by atoms with van der Waals surface area (Å²) in [7, 11) is 1.35. The second kappa shape index (κ2) is 4.09. The SMILES string of the molecule is CCCC1=NOC(C(=O)OC)C1. The lowest BCUT2D eigenvalue weighted by molar-refractivity contribution is -0.152. The smallest absolute Gasteiger partial charge is 0.350 e. The topological polar surface area (TPSA) is 47.9 Å². The number of esters is 1. The summed E-state index contributed by atoms with van der Waals surface area (Å²) in [6.45, 7) is 2.06. The number of rotatable bonds is 3. The van der Waals surface area contributed by atoms with Crippen molar-refractivity contribution in [3.05, 3.63) is 0 Å². The van der Waals surface area contributed by atoms with E-state index in [9.17, 15) is 4.79 Å². The molecule has 0 fully saturated rings. The molecule has 0 bridgehead atoms. The predicted molar refractivity (Wildman–Crippen MR) is 43.8 cm³/mol. The van der Waals surface area contributed by atoms with E-state index in [2.05, 4.69) is 16.8 Å². The minimum absolute atomic E-state index is 0.343. The molecule has 0 aromatic rings. The molecule has 1 unspecified atom stereocenters. The Labute approximate surface area is 71.5 Å². The van der Waals surface area contributed by atoms with Crippen LogP contribution in [0.25, 0.3) is 0 Å². The minimum Gasteiger partial charge on any atom is -0.466 e. The molecule has 0 aromatic heterocycles. The lowest BCUT2D eigenvalue weighted by atomic mass is 10.1. The molecular weight excluding hydrogens is 158 g/mol. The van der Waals surface area contributed by atoms with E-state index in [4.69, 9.17) is 4.84 Å². The second-order valence-electron chi connectivity index (χ2n) is 2.73. The van der Waals surface area contributed by atoms with Crippen LogP contribution < -0.4 is 0 Å². The molecule has 0 saturated heterocycles. The van der Waals surface area contributed by atoms with Gasteiger partial charge in [-0.3, -0.25) is 0 Å². The highest BCUT2D eigenvalue weighted by molar-refractivity contribution is 5.90. The standard InChI is InChI=1S/C8H13NO3/c1-3-4-6-5-7(12-9-6)8(10)11-2/h7H,3-5H2,1-2H3. The Morgan fingerprint density at radius 3 is 3.17 bits per heavy atom. The first-order chi connectivity index (χ1) is 5.77. The van der Waals surface area contributed by atoms with Crippen molar-refractivity contribution in [3.8, 4) is 0 Å². The van der Waals surface area contributed by atoms with Crippen molar-refractivity contribution >= 4 is 11.7 Å². The van der Waals surface area contributed by atoms with Crippen LogP contribution in [0.5, 0.6) is 0 Å². The Morgan fingerprint density at radius 1 is 1.83 bits per heavy atom. The Morgan fingerprint density at radius 2 is 2.58 bits per heavy atom. The van der Waals surface area contributed by atoms with Gasteiger partial charge in [0, 0.05) is 6.42 Å². The first-order valence-corrected chi connectivity index (χ1v) is 4.07. The van der Waals surface area contributed by atoms with Gasteiger partial charge in [0.25, 0.3) is 0 Å². The number of methoxy groups -OCH3 is 1. The number of carbonyl (C=O) groups excluding carboxylic acids is 1. The lowest BCUT2D eigenvalue weighted by Gasteiger charge is -2.03. The van der Waals surface area contributed by atoms with Gasteiger partial charge in [0.05, 0.1) is 12.8 Å². The first-order valence-electron chi connectivity index (χ1n) is 4.07. The average molecular weight is 171 g/mol. The lowest BCUT2D eigenvalue weighted by Crippen LogP contribution is -2.21.